The van der Waals surface area contributed by atoms with Crippen molar-refractivity contribution < 1.29 is 14.3 Å². The summed E-state index contributed by atoms with van der Waals surface area (Å²) in [7, 11) is 3.04. The zero-order chi connectivity index (χ0) is 24.4. The lowest BCUT2D eigenvalue weighted by atomic mass is 9.96. The van der Waals surface area contributed by atoms with E-state index in [1.165, 1.54) is 7.11 Å². The Kier molecular flexibility index (Phi) is 7.09. The molecule has 0 unspecified atom stereocenters. The number of hydrogen-bond acceptors (Lipinski definition) is 5. The largest absolute Gasteiger partial charge is 0.495 e. The zero-order valence-electron chi connectivity index (χ0n) is 19.5. The third kappa shape index (κ3) is 4.48. The van der Waals surface area contributed by atoms with E-state index in [-0.39, 0.29) is 24.5 Å². The summed E-state index contributed by atoms with van der Waals surface area (Å²) in [5.41, 5.74) is 4.87. The third-order valence-corrected chi connectivity index (χ3v) is 6.74. The molecule has 2 atom stereocenters. The number of benzene rings is 1. The van der Waals surface area contributed by atoms with Gasteiger partial charge in [0.15, 0.2) is 5.11 Å². The summed E-state index contributed by atoms with van der Waals surface area (Å²) >= 11 is 12.0. The van der Waals surface area contributed by atoms with Gasteiger partial charge in [0, 0.05) is 29.2 Å². The number of esters is 1. The first-order valence-corrected chi connectivity index (χ1v) is 11.7. The quantitative estimate of drug-likeness (QED) is 0.374. The van der Waals surface area contributed by atoms with Crippen LogP contribution in [0.25, 0.3) is 5.69 Å². The Balaban J connectivity index is 1.83. The topological polar surface area (TPSA) is 68.6 Å². The van der Waals surface area contributed by atoms with Gasteiger partial charge in [0.2, 0.25) is 0 Å². The van der Waals surface area contributed by atoms with Gasteiger partial charge in [-0.1, -0.05) is 17.7 Å². The Morgan fingerprint density at radius 2 is 2.00 bits per heavy atom. The van der Waals surface area contributed by atoms with Crippen molar-refractivity contribution in [2.45, 2.75) is 32.4 Å². The van der Waals surface area contributed by atoms with Gasteiger partial charge in [0.1, 0.15) is 5.75 Å². The number of methoxy groups -OCH3 is 2. The molecule has 0 aliphatic carbocycles. The van der Waals surface area contributed by atoms with E-state index < -0.39 is 0 Å². The van der Waals surface area contributed by atoms with Crippen LogP contribution in [-0.2, 0) is 9.53 Å². The molecule has 7 nitrogen and oxygen atoms in total. The molecule has 1 aliphatic heterocycles. The second-order valence-electron chi connectivity index (χ2n) is 8.12. The molecule has 1 N–H and O–H groups in total. The second-order valence-corrected chi connectivity index (χ2v) is 8.95. The minimum Gasteiger partial charge on any atom is -0.495 e. The number of aryl methyl sites for hydroxylation is 1. The van der Waals surface area contributed by atoms with E-state index >= 15 is 0 Å². The van der Waals surface area contributed by atoms with Gasteiger partial charge in [-0.25, -0.2) is 0 Å². The highest BCUT2D eigenvalue weighted by Gasteiger charge is 2.41. The summed E-state index contributed by atoms with van der Waals surface area (Å²) in [6.45, 7) is 4.54. The van der Waals surface area contributed by atoms with Gasteiger partial charge in [0.05, 0.1) is 44.1 Å². The van der Waals surface area contributed by atoms with Crippen molar-refractivity contribution in [3.63, 3.8) is 0 Å². The van der Waals surface area contributed by atoms with E-state index in [1.54, 1.807) is 13.3 Å². The summed E-state index contributed by atoms with van der Waals surface area (Å²) < 4.78 is 12.6. The minimum absolute atomic E-state index is 0.169. The monoisotopic (exact) mass is 498 g/mol. The molecular formula is C25H27ClN4O3S. The number of aromatic nitrogens is 2. The molecule has 0 radical (unpaired) electrons. The first kappa shape index (κ1) is 24.0. The van der Waals surface area contributed by atoms with Crippen LogP contribution in [0.5, 0.6) is 5.75 Å². The number of ether oxygens (including phenoxy) is 2. The predicted octanol–water partition coefficient (Wildman–Crippen LogP) is 4.69. The minimum atomic E-state index is -0.281. The van der Waals surface area contributed by atoms with Crippen molar-refractivity contribution in [1.29, 1.82) is 0 Å². The summed E-state index contributed by atoms with van der Waals surface area (Å²) in [6, 6.07) is 13.2. The molecule has 3 heterocycles. The first-order chi connectivity index (χ1) is 16.3. The lowest BCUT2D eigenvalue weighted by Crippen LogP contribution is -2.32. The van der Waals surface area contributed by atoms with E-state index in [2.05, 4.69) is 27.9 Å². The fourth-order valence-electron chi connectivity index (χ4n) is 4.59. The van der Waals surface area contributed by atoms with Crippen LogP contribution < -0.4 is 10.1 Å². The lowest BCUT2D eigenvalue weighted by molar-refractivity contribution is -0.140. The molecule has 0 amide bonds. The number of carbonyl (C=O) groups excluding carboxylic acids is 1. The maximum atomic E-state index is 11.9. The van der Waals surface area contributed by atoms with Crippen molar-refractivity contribution >= 4 is 34.9 Å². The molecule has 9 heteroatoms. The summed E-state index contributed by atoms with van der Waals surface area (Å²) in [5.74, 6) is 0.443. The van der Waals surface area contributed by atoms with Crippen molar-refractivity contribution in [1.82, 2.24) is 19.8 Å². The molecule has 0 spiro atoms. The summed E-state index contributed by atoms with van der Waals surface area (Å²) in [6.07, 6.45) is 2.00. The van der Waals surface area contributed by atoms with Crippen molar-refractivity contribution in [3.05, 3.63) is 76.3 Å². The number of hydrogen-bond donors (Lipinski definition) is 1. The molecule has 178 valence electrons. The normalized spacial score (nSPS) is 17.6. The zero-order valence-corrected chi connectivity index (χ0v) is 21.1. The molecule has 34 heavy (non-hydrogen) atoms. The van der Waals surface area contributed by atoms with Crippen LogP contribution in [0.2, 0.25) is 5.02 Å². The van der Waals surface area contributed by atoms with Crippen LogP contribution in [0.15, 0.2) is 48.7 Å². The van der Waals surface area contributed by atoms with E-state index in [4.69, 9.17) is 33.3 Å². The Morgan fingerprint density at radius 1 is 1.21 bits per heavy atom. The number of nitrogens with one attached hydrogen (secondary N) is 1. The van der Waals surface area contributed by atoms with Gasteiger partial charge in [-0.3, -0.25) is 9.78 Å². The fourth-order valence-corrected chi connectivity index (χ4v) is 5.09. The molecule has 0 saturated carbocycles. The van der Waals surface area contributed by atoms with Crippen LogP contribution in [0.3, 0.4) is 0 Å². The Bertz CT molecular complexity index is 1210. The maximum Gasteiger partial charge on any atom is 0.307 e. The first-order valence-electron chi connectivity index (χ1n) is 10.9. The highest BCUT2D eigenvalue weighted by Crippen LogP contribution is 2.42. The summed E-state index contributed by atoms with van der Waals surface area (Å²) in [5, 5.41) is 4.63. The molecule has 2 aromatic heterocycles. The fraction of sp³-hybridized carbons (Fsp3) is 0.320. The average Bonchev–Trinajstić information content (AvgIpc) is 3.32. The molecule has 0 bridgehead atoms. The SMILES string of the molecule is COC(=O)CCN1C(=S)N[C@H](c2ccccn2)[C@H]1c1cc(C)n(-c2cc(Cl)ccc2OC)c1C. The van der Waals surface area contributed by atoms with Gasteiger partial charge >= 0.3 is 5.97 Å². The van der Waals surface area contributed by atoms with Crippen LogP contribution >= 0.6 is 23.8 Å². The Morgan fingerprint density at radius 3 is 2.68 bits per heavy atom. The molecule has 3 aromatic rings. The number of nitrogens with zero attached hydrogens (tertiary/aromatic N) is 3. The van der Waals surface area contributed by atoms with Gasteiger partial charge in [0.25, 0.3) is 0 Å². The Hall–Kier alpha value is -3.10. The molecule has 1 aromatic carbocycles. The summed E-state index contributed by atoms with van der Waals surface area (Å²) in [4.78, 5) is 18.6. The van der Waals surface area contributed by atoms with Gasteiger partial charge in [-0.15, -0.1) is 0 Å². The Labute approximate surface area is 209 Å². The van der Waals surface area contributed by atoms with Gasteiger partial charge in [-0.2, -0.15) is 0 Å². The predicted molar refractivity (Wildman–Crippen MR) is 136 cm³/mol. The van der Waals surface area contributed by atoms with Crippen LogP contribution in [0.1, 0.15) is 41.1 Å². The van der Waals surface area contributed by atoms with E-state index in [0.717, 1.165) is 34.1 Å². The third-order valence-electron chi connectivity index (χ3n) is 6.15. The number of halogens is 1. The number of pyridine rings is 1. The maximum absolute atomic E-state index is 11.9. The van der Waals surface area contributed by atoms with Crippen molar-refractivity contribution in [3.8, 4) is 11.4 Å². The molecule has 1 fully saturated rings. The number of rotatable bonds is 7. The van der Waals surface area contributed by atoms with Gasteiger partial charge < -0.3 is 24.3 Å². The smallest absolute Gasteiger partial charge is 0.307 e. The second kappa shape index (κ2) is 10.0. The van der Waals surface area contributed by atoms with Crippen molar-refractivity contribution in [2.75, 3.05) is 20.8 Å². The van der Waals surface area contributed by atoms with Crippen LogP contribution in [-0.4, -0.2) is 46.3 Å². The molecule has 1 saturated heterocycles. The van der Waals surface area contributed by atoms with Crippen LogP contribution in [0.4, 0.5) is 0 Å². The highest BCUT2D eigenvalue weighted by atomic mass is 35.5. The van der Waals surface area contributed by atoms with E-state index in [1.807, 2.05) is 48.2 Å². The molecule has 1 aliphatic rings. The standard InChI is InChI=1S/C25H27ClN4O3S/c1-15-13-18(16(2)30(15)20-14-17(26)8-9-21(20)32-3)24-23(19-7-5-6-11-27-19)28-25(34)29(24)12-10-22(31)33-4/h5-9,11,13-14,23-24H,10,12H2,1-4H3,(H,28,34)/t23-,24-/m1/s1. The molecule has 4 rings (SSSR count). The highest BCUT2D eigenvalue weighted by molar-refractivity contribution is 7.80. The lowest BCUT2D eigenvalue weighted by Gasteiger charge is -2.28. The van der Waals surface area contributed by atoms with Crippen molar-refractivity contribution in [2.24, 2.45) is 0 Å². The number of thiocarbonyl (C=S) groups is 1. The van der Waals surface area contributed by atoms with E-state index in [9.17, 15) is 4.79 Å². The average molecular weight is 499 g/mol. The van der Waals surface area contributed by atoms with Crippen LogP contribution in [0, 0.1) is 13.8 Å². The molecular weight excluding hydrogens is 472 g/mol. The van der Waals surface area contributed by atoms with E-state index in [0.29, 0.717) is 16.7 Å². The number of carbonyl (C=O) groups is 1. The van der Waals surface area contributed by atoms with Gasteiger partial charge in [-0.05, 0) is 68.0 Å².